The molecular weight excluding hydrogens is 364 g/mol. The highest BCUT2D eigenvalue weighted by Gasteiger charge is 2.24. The summed E-state index contributed by atoms with van der Waals surface area (Å²) >= 11 is 6.19. The summed E-state index contributed by atoms with van der Waals surface area (Å²) in [6.07, 6.45) is 0. The van der Waals surface area contributed by atoms with Gasteiger partial charge in [0.05, 0.1) is 13.1 Å². The number of hydrogen-bond donors (Lipinski definition) is 1. The van der Waals surface area contributed by atoms with Crippen LogP contribution in [0.5, 0.6) is 0 Å². The van der Waals surface area contributed by atoms with Crippen molar-refractivity contribution in [1.29, 1.82) is 0 Å². The van der Waals surface area contributed by atoms with Crippen LogP contribution in [0.3, 0.4) is 0 Å². The third-order valence-electron chi connectivity index (χ3n) is 4.41. The summed E-state index contributed by atoms with van der Waals surface area (Å²) in [6.45, 7) is 10.0. The SMILES string of the molecule is CN(CC(=O)N1CCN(CC(=O)NC(C)(C)C)CC1)Cc1ccccc1Cl. The molecule has 0 aromatic heterocycles. The molecule has 1 heterocycles. The highest BCUT2D eigenvalue weighted by atomic mass is 35.5. The normalized spacial score (nSPS) is 15.9. The largest absolute Gasteiger partial charge is 0.350 e. The van der Waals surface area contributed by atoms with Crippen molar-refractivity contribution >= 4 is 23.4 Å². The van der Waals surface area contributed by atoms with E-state index in [1.54, 1.807) is 0 Å². The lowest BCUT2D eigenvalue weighted by Gasteiger charge is -2.35. The Labute approximate surface area is 167 Å². The van der Waals surface area contributed by atoms with Gasteiger partial charge in [0.25, 0.3) is 0 Å². The molecule has 0 unspecified atom stereocenters. The van der Waals surface area contributed by atoms with E-state index in [0.29, 0.717) is 32.7 Å². The lowest BCUT2D eigenvalue weighted by molar-refractivity contribution is -0.134. The highest BCUT2D eigenvalue weighted by Crippen LogP contribution is 2.16. The molecule has 1 aliphatic rings. The number of amides is 2. The van der Waals surface area contributed by atoms with Crippen molar-refractivity contribution in [3.63, 3.8) is 0 Å². The van der Waals surface area contributed by atoms with Crippen molar-refractivity contribution in [2.24, 2.45) is 0 Å². The molecule has 27 heavy (non-hydrogen) atoms. The summed E-state index contributed by atoms with van der Waals surface area (Å²) in [4.78, 5) is 30.5. The van der Waals surface area contributed by atoms with Crippen LogP contribution >= 0.6 is 11.6 Å². The zero-order chi connectivity index (χ0) is 20.0. The molecule has 0 aliphatic carbocycles. The number of carbonyl (C=O) groups excluding carboxylic acids is 2. The number of halogens is 1. The summed E-state index contributed by atoms with van der Waals surface area (Å²) in [5.74, 6) is 0.144. The Kier molecular flexibility index (Phi) is 7.65. The van der Waals surface area contributed by atoms with Gasteiger partial charge in [0.15, 0.2) is 0 Å². The topological polar surface area (TPSA) is 55.9 Å². The monoisotopic (exact) mass is 394 g/mol. The molecule has 0 atom stereocenters. The van der Waals surface area contributed by atoms with Gasteiger partial charge in [-0.3, -0.25) is 19.4 Å². The molecule has 6 nitrogen and oxygen atoms in total. The Bertz CT molecular complexity index is 652. The van der Waals surface area contributed by atoms with E-state index in [9.17, 15) is 9.59 Å². The molecule has 1 aliphatic heterocycles. The van der Waals surface area contributed by atoms with Crippen LogP contribution < -0.4 is 5.32 Å². The van der Waals surface area contributed by atoms with Crippen molar-refractivity contribution in [3.05, 3.63) is 34.9 Å². The fourth-order valence-corrected chi connectivity index (χ4v) is 3.32. The summed E-state index contributed by atoms with van der Waals surface area (Å²) in [5, 5.41) is 3.70. The van der Waals surface area contributed by atoms with Crippen LogP contribution in [-0.4, -0.2) is 78.4 Å². The molecule has 2 rings (SSSR count). The Morgan fingerprint density at radius 3 is 2.37 bits per heavy atom. The van der Waals surface area contributed by atoms with Crippen LogP contribution in [0.25, 0.3) is 0 Å². The van der Waals surface area contributed by atoms with Gasteiger partial charge >= 0.3 is 0 Å². The molecule has 0 bridgehead atoms. The Morgan fingerprint density at radius 1 is 1.15 bits per heavy atom. The van der Waals surface area contributed by atoms with E-state index in [-0.39, 0.29) is 17.4 Å². The van der Waals surface area contributed by atoms with Gasteiger partial charge < -0.3 is 10.2 Å². The molecule has 1 saturated heterocycles. The first kappa shape index (κ1) is 21.7. The number of carbonyl (C=O) groups is 2. The van der Waals surface area contributed by atoms with Crippen molar-refractivity contribution in [2.45, 2.75) is 32.9 Å². The second kappa shape index (κ2) is 9.53. The summed E-state index contributed by atoms with van der Waals surface area (Å²) in [7, 11) is 1.92. The first-order chi connectivity index (χ1) is 12.6. The van der Waals surface area contributed by atoms with Crippen molar-refractivity contribution in [1.82, 2.24) is 20.0 Å². The fourth-order valence-electron chi connectivity index (χ4n) is 3.12. The number of benzene rings is 1. The van der Waals surface area contributed by atoms with Crippen LogP contribution in [0, 0.1) is 0 Å². The number of likely N-dealkylation sites (N-methyl/N-ethyl adjacent to an activating group) is 1. The maximum atomic E-state index is 12.6. The maximum absolute atomic E-state index is 12.6. The molecule has 0 saturated carbocycles. The molecule has 1 N–H and O–H groups in total. The molecule has 150 valence electrons. The van der Waals surface area contributed by atoms with Gasteiger partial charge in [-0.1, -0.05) is 29.8 Å². The molecular formula is C20H31ClN4O2. The molecule has 2 amide bonds. The van der Waals surface area contributed by atoms with Gasteiger partial charge in [-0.2, -0.15) is 0 Å². The van der Waals surface area contributed by atoms with E-state index in [1.807, 2.05) is 61.9 Å². The number of nitrogens with zero attached hydrogens (tertiary/aromatic N) is 3. The van der Waals surface area contributed by atoms with E-state index in [1.165, 1.54) is 0 Å². The number of rotatable bonds is 6. The Balaban J connectivity index is 1.74. The minimum absolute atomic E-state index is 0.0294. The zero-order valence-corrected chi connectivity index (χ0v) is 17.6. The van der Waals surface area contributed by atoms with Crippen LogP contribution in [0.4, 0.5) is 0 Å². The second-order valence-corrected chi connectivity index (χ2v) is 8.63. The van der Waals surface area contributed by atoms with E-state index < -0.39 is 0 Å². The van der Waals surface area contributed by atoms with E-state index >= 15 is 0 Å². The molecule has 7 heteroatoms. The van der Waals surface area contributed by atoms with Gasteiger partial charge in [-0.25, -0.2) is 0 Å². The minimum Gasteiger partial charge on any atom is -0.350 e. The van der Waals surface area contributed by atoms with Gasteiger partial charge in [-0.15, -0.1) is 0 Å². The first-order valence-corrected chi connectivity index (χ1v) is 9.75. The average Bonchev–Trinajstić information content (AvgIpc) is 2.55. The smallest absolute Gasteiger partial charge is 0.236 e. The van der Waals surface area contributed by atoms with Crippen LogP contribution in [0.15, 0.2) is 24.3 Å². The standard InChI is InChI=1S/C20H31ClN4O2/c1-20(2,3)22-18(26)14-24-9-11-25(12-10-24)19(27)15-23(4)13-16-7-5-6-8-17(16)21/h5-8H,9-15H2,1-4H3,(H,22,26). The van der Waals surface area contributed by atoms with Crippen molar-refractivity contribution in [2.75, 3.05) is 46.3 Å². The average molecular weight is 395 g/mol. The third-order valence-corrected chi connectivity index (χ3v) is 4.78. The van der Waals surface area contributed by atoms with Crippen LogP contribution in [0.2, 0.25) is 5.02 Å². The van der Waals surface area contributed by atoms with E-state index in [0.717, 1.165) is 23.7 Å². The van der Waals surface area contributed by atoms with Gasteiger partial charge in [0, 0.05) is 43.3 Å². The molecule has 1 fully saturated rings. The van der Waals surface area contributed by atoms with Crippen LogP contribution in [-0.2, 0) is 16.1 Å². The first-order valence-electron chi connectivity index (χ1n) is 9.37. The second-order valence-electron chi connectivity index (χ2n) is 8.22. The fraction of sp³-hybridized carbons (Fsp3) is 0.600. The van der Waals surface area contributed by atoms with Gasteiger partial charge in [0.2, 0.25) is 11.8 Å². The molecule has 0 radical (unpaired) electrons. The number of nitrogens with one attached hydrogen (secondary N) is 1. The summed E-state index contributed by atoms with van der Waals surface area (Å²) in [6, 6.07) is 7.69. The number of hydrogen-bond acceptors (Lipinski definition) is 4. The van der Waals surface area contributed by atoms with Crippen molar-refractivity contribution in [3.8, 4) is 0 Å². The maximum Gasteiger partial charge on any atom is 0.236 e. The summed E-state index contributed by atoms with van der Waals surface area (Å²) < 4.78 is 0. The van der Waals surface area contributed by atoms with Crippen LogP contribution in [0.1, 0.15) is 26.3 Å². The molecule has 1 aromatic rings. The quantitative estimate of drug-likeness (QED) is 0.799. The van der Waals surface area contributed by atoms with E-state index in [2.05, 4.69) is 10.2 Å². The predicted octanol–water partition coefficient (Wildman–Crippen LogP) is 1.83. The van der Waals surface area contributed by atoms with Gasteiger partial charge in [-0.05, 0) is 39.4 Å². The predicted molar refractivity (Wildman–Crippen MR) is 109 cm³/mol. The van der Waals surface area contributed by atoms with Gasteiger partial charge in [0.1, 0.15) is 0 Å². The Hall–Kier alpha value is -1.63. The molecule has 1 aromatic carbocycles. The Morgan fingerprint density at radius 2 is 1.78 bits per heavy atom. The minimum atomic E-state index is -0.221. The number of piperazine rings is 1. The molecule has 0 spiro atoms. The zero-order valence-electron chi connectivity index (χ0n) is 16.8. The van der Waals surface area contributed by atoms with Crippen molar-refractivity contribution < 1.29 is 9.59 Å². The summed E-state index contributed by atoms with van der Waals surface area (Å²) in [5.41, 5.74) is 0.797. The third kappa shape index (κ3) is 7.48. The lowest BCUT2D eigenvalue weighted by Crippen LogP contribution is -2.54. The van der Waals surface area contributed by atoms with E-state index in [4.69, 9.17) is 11.6 Å². The highest BCUT2D eigenvalue weighted by molar-refractivity contribution is 6.31. The lowest BCUT2D eigenvalue weighted by atomic mass is 10.1.